The molecule has 0 aromatic carbocycles. The van der Waals surface area contributed by atoms with Crippen molar-refractivity contribution < 1.29 is 28.2 Å². The summed E-state index contributed by atoms with van der Waals surface area (Å²) in [6, 6.07) is -0.407. The predicted molar refractivity (Wildman–Crippen MR) is 63.6 cm³/mol. The van der Waals surface area contributed by atoms with Crippen LogP contribution < -0.4 is 0 Å². The van der Waals surface area contributed by atoms with E-state index >= 15 is 0 Å². The number of aliphatic hydroxyl groups is 1. The van der Waals surface area contributed by atoms with Crippen LogP contribution >= 0.6 is 19.0 Å². The van der Waals surface area contributed by atoms with Crippen LogP contribution in [0.1, 0.15) is 0 Å². The Kier molecular flexibility index (Phi) is 5.32. The summed E-state index contributed by atoms with van der Waals surface area (Å²) >= 11 is 3.74. The van der Waals surface area contributed by atoms with E-state index in [0.29, 0.717) is 0 Å². The van der Waals surface area contributed by atoms with Crippen LogP contribution in [0.3, 0.4) is 0 Å². The van der Waals surface area contributed by atoms with Crippen molar-refractivity contribution in [1.82, 2.24) is 0 Å². The summed E-state index contributed by atoms with van der Waals surface area (Å²) < 4.78 is 31.6. The molecule has 1 saturated heterocycles. The number of hydrogen-bond acceptors (Lipinski definition) is 6. The van der Waals surface area contributed by atoms with E-state index in [1.165, 1.54) is 14.2 Å². The Hall–Kier alpha value is 0.445. The molecule has 0 amide bonds. The molecule has 2 unspecified atom stereocenters. The van der Waals surface area contributed by atoms with Gasteiger partial charge in [0.1, 0.15) is 26.2 Å². The summed E-state index contributed by atoms with van der Waals surface area (Å²) in [4.78, 5) is 0. The van der Waals surface area contributed by atoms with Crippen LogP contribution in [0.5, 0.6) is 0 Å². The highest BCUT2D eigenvalue weighted by atomic mass is 32.7. The lowest BCUT2D eigenvalue weighted by molar-refractivity contribution is -0.0139. The summed E-state index contributed by atoms with van der Waals surface area (Å²) in [6.45, 7) is -3.21. The van der Waals surface area contributed by atoms with Crippen LogP contribution in [-0.2, 0) is 23.1 Å². The first kappa shape index (κ1) is 14.5. The van der Waals surface area contributed by atoms with Gasteiger partial charge in [-0.05, 0) is 0 Å². The van der Waals surface area contributed by atoms with Gasteiger partial charge in [0.25, 0.3) is 0 Å². The Balaban J connectivity index is 2.70. The highest BCUT2D eigenvalue weighted by Crippen LogP contribution is 2.54. The first-order chi connectivity index (χ1) is 7.41. The van der Waals surface area contributed by atoms with Gasteiger partial charge in [0.2, 0.25) is 0 Å². The maximum Gasteiger partial charge on any atom is 0.386 e. The number of aliphatic hydroxyl groups excluding tert-OH is 1. The monoisotopic (exact) mass is 270 g/mol. The van der Waals surface area contributed by atoms with Crippen LogP contribution in [0.25, 0.3) is 0 Å². The quantitative estimate of drug-likeness (QED) is 0.395. The van der Waals surface area contributed by atoms with Crippen LogP contribution in [-0.4, -0.2) is 58.1 Å². The fourth-order valence-electron chi connectivity index (χ4n) is 1.55. The average Bonchev–Trinajstić information content (AvgIpc) is 2.47. The summed E-state index contributed by atoms with van der Waals surface area (Å²) in [5.41, 5.74) is 0. The molecular formula is C7H16BO6PS. The van der Waals surface area contributed by atoms with Crippen molar-refractivity contribution in [3.63, 3.8) is 0 Å². The average molecular weight is 270 g/mol. The van der Waals surface area contributed by atoms with Crippen molar-refractivity contribution >= 4 is 26.9 Å². The zero-order chi connectivity index (χ0) is 12.3. The van der Waals surface area contributed by atoms with Gasteiger partial charge in [0, 0.05) is 14.2 Å². The molecule has 1 aliphatic rings. The van der Waals surface area contributed by atoms with E-state index in [4.69, 9.17) is 14.0 Å². The maximum absolute atomic E-state index is 11.6. The molecule has 16 heavy (non-hydrogen) atoms. The highest BCUT2D eigenvalue weighted by molar-refractivity contribution is 8.44. The molecule has 9 heteroatoms. The summed E-state index contributed by atoms with van der Waals surface area (Å²) in [7, 11) is 4.43. The molecule has 0 bridgehead atoms. The maximum atomic E-state index is 11.6. The molecule has 1 aliphatic heterocycles. The molecule has 0 aliphatic carbocycles. The summed E-state index contributed by atoms with van der Waals surface area (Å²) in [5.74, 6) is 0. The smallest absolute Gasteiger partial charge is 0.386 e. The van der Waals surface area contributed by atoms with E-state index < -0.39 is 31.1 Å². The van der Waals surface area contributed by atoms with Gasteiger partial charge in [0.05, 0.1) is 12.6 Å². The first-order valence-electron chi connectivity index (χ1n) is 4.80. The third-order valence-corrected chi connectivity index (χ3v) is 4.13. The number of thiol groups is 1. The third-order valence-electron chi connectivity index (χ3n) is 2.39. The Morgan fingerprint density at radius 3 is 2.69 bits per heavy atom. The normalized spacial score (nSPS) is 38.5. The van der Waals surface area contributed by atoms with Gasteiger partial charge in [0.15, 0.2) is 0 Å². The van der Waals surface area contributed by atoms with Gasteiger partial charge in [-0.1, -0.05) is 12.2 Å². The number of methoxy groups -OCH3 is 1. The van der Waals surface area contributed by atoms with Crippen molar-refractivity contribution in [2.24, 2.45) is 0 Å². The molecule has 0 aromatic heterocycles. The topological polar surface area (TPSA) is 74.2 Å². The first-order valence-corrected chi connectivity index (χ1v) is 7.50. The zero-order valence-corrected chi connectivity index (χ0v) is 11.2. The fourth-order valence-corrected chi connectivity index (χ4v) is 2.53. The second-order valence-corrected chi connectivity index (χ2v) is 6.53. The van der Waals surface area contributed by atoms with Gasteiger partial charge < -0.3 is 19.1 Å². The number of ether oxygens (including phenoxy) is 2. The van der Waals surface area contributed by atoms with E-state index in [1.54, 1.807) is 7.85 Å². The minimum Gasteiger partial charge on any atom is -0.388 e. The molecule has 5 atom stereocenters. The summed E-state index contributed by atoms with van der Waals surface area (Å²) in [5, 5.41) is 9.80. The molecule has 0 aromatic rings. The van der Waals surface area contributed by atoms with E-state index in [2.05, 4.69) is 16.8 Å². The van der Waals surface area contributed by atoms with Gasteiger partial charge >= 0.3 is 6.80 Å². The van der Waals surface area contributed by atoms with Crippen LogP contribution in [0.15, 0.2) is 0 Å². The molecule has 1 fully saturated rings. The summed E-state index contributed by atoms with van der Waals surface area (Å²) in [6.07, 6.45) is -2.13. The molecule has 0 spiro atoms. The lowest BCUT2D eigenvalue weighted by Gasteiger charge is -2.22. The van der Waals surface area contributed by atoms with Crippen molar-refractivity contribution in [2.45, 2.75) is 24.3 Å². The Bertz CT molecular complexity index is 280. The standard InChI is InChI=1S/C7H16BO6PS/c1-11-3-4-6(5(9)7(8)13-4)14-15(10,16)12-2/h4-7,9H,3,8H2,1-2H3,(H,10,16)/t4-,5+,6?,7-,15?/m1/s1. The number of rotatable bonds is 5. The third kappa shape index (κ3) is 3.47. The van der Waals surface area contributed by atoms with Gasteiger partial charge in [-0.25, -0.2) is 4.57 Å². The minimum absolute atomic E-state index is 0.240. The molecule has 1 heterocycles. The van der Waals surface area contributed by atoms with Crippen LogP contribution in [0, 0.1) is 0 Å². The second-order valence-electron chi connectivity index (χ2n) is 3.55. The Morgan fingerprint density at radius 2 is 2.19 bits per heavy atom. The van der Waals surface area contributed by atoms with Crippen molar-refractivity contribution in [1.29, 1.82) is 0 Å². The molecule has 0 saturated carbocycles. The van der Waals surface area contributed by atoms with Crippen molar-refractivity contribution in [2.75, 3.05) is 20.8 Å². The van der Waals surface area contributed by atoms with Gasteiger partial charge in [-0.3, -0.25) is 4.52 Å². The van der Waals surface area contributed by atoms with E-state index in [-0.39, 0.29) is 6.61 Å². The van der Waals surface area contributed by atoms with Gasteiger partial charge in [-0.15, -0.1) is 0 Å². The Labute approximate surface area is 101 Å². The molecule has 94 valence electrons. The lowest BCUT2D eigenvalue weighted by atomic mass is 9.93. The predicted octanol–water partition coefficient (Wildman–Crippen LogP) is -0.579. The number of hydrogen-bond donors (Lipinski definition) is 2. The van der Waals surface area contributed by atoms with Crippen LogP contribution in [0.4, 0.5) is 0 Å². The largest absolute Gasteiger partial charge is 0.388 e. The van der Waals surface area contributed by atoms with E-state index in [0.717, 1.165) is 0 Å². The van der Waals surface area contributed by atoms with E-state index in [9.17, 15) is 9.67 Å². The minimum atomic E-state index is -3.45. The highest BCUT2D eigenvalue weighted by Gasteiger charge is 2.45. The van der Waals surface area contributed by atoms with E-state index in [1.807, 2.05) is 0 Å². The van der Waals surface area contributed by atoms with Crippen molar-refractivity contribution in [3.8, 4) is 0 Å². The molecule has 6 nitrogen and oxygen atoms in total. The fraction of sp³-hybridized carbons (Fsp3) is 1.00. The molecule has 0 radical (unpaired) electrons. The van der Waals surface area contributed by atoms with Crippen LogP contribution in [0.2, 0.25) is 0 Å². The van der Waals surface area contributed by atoms with Gasteiger partial charge in [-0.2, -0.15) is 0 Å². The molecule has 1 rings (SSSR count). The van der Waals surface area contributed by atoms with Crippen molar-refractivity contribution in [3.05, 3.63) is 0 Å². The zero-order valence-electron chi connectivity index (χ0n) is 9.40. The molecular weight excluding hydrogens is 254 g/mol. The lowest BCUT2D eigenvalue weighted by Crippen LogP contribution is -2.36. The Morgan fingerprint density at radius 1 is 1.56 bits per heavy atom. The molecule has 1 N–H and O–H groups in total. The second kappa shape index (κ2) is 5.86. The SMILES string of the molecule is B[C@@H]1O[C@H](COC)C(OP(=O)(S)OC)[C@@H]1O.